The zero-order valence-electron chi connectivity index (χ0n) is 14.0. The second-order valence-electron chi connectivity index (χ2n) is 6.40. The van der Waals surface area contributed by atoms with Crippen molar-refractivity contribution in [3.63, 3.8) is 0 Å². The van der Waals surface area contributed by atoms with Crippen molar-refractivity contribution in [2.24, 2.45) is 0 Å². The van der Waals surface area contributed by atoms with Crippen LogP contribution in [0.15, 0.2) is 29.2 Å². The number of benzene rings is 1. The van der Waals surface area contributed by atoms with Gasteiger partial charge in [0.05, 0.1) is 18.1 Å². The molecule has 0 radical (unpaired) electrons. The minimum absolute atomic E-state index is 0.0442. The van der Waals surface area contributed by atoms with Crippen molar-refractivity contribution in [2.75, 3.05) is 33.4 Å². The molecule has 0 aromatic heterocycles. The highest BCUT2D eigenvalue weighted by molar-refractivity contribution is 7.89. The number of amides is 1. The highest BCUT2D eigenvalue weighted by Gasteiger charge is 2.27. The SMILES string of the molecule is CN(C(=O)c1ccc(S(=O)(=O)N2CCOCC2)cc1)C1CCCC1. The van der Waals surface area contributed by atoms with Gasteiger partial charge in [0.25, 0.3) is 5.91 Å². The second-order valence-corrected chi connectivity index (χ2v) is 8.33. The maximum Gasteiger partial charge on any atom is 0.253 e. The normalized spacial score (nSPS) is 20.2. The predicted molar refractivity (Wildman–Crippen MR) is 90.4 cm³/mol. The molecule has 1 amide bonds. The number of morpholine rings is 1. The Bertz CT molecular complexity index is 675. The molecule has 1 aliphatic carbocycles. The highest BCUT2D eigenvalue weighted by atomic mass is 32.2. The zero-order valence-corrected chi connectivity index (χ0v) is 14.8. The van der Waals surface area contributed by atoms with Gasteiger partial charge in [-0.05, 0) is 37.1 Å². The molecule has 2 fully saturated rings. The van der Waals surface area contributed by atoms with Crippen LogP contribution >= 0.6 is 0 Å². The average molecular weight is 352 g/mol. The van der Waals surface area contributed by atoms with Gasteiger partial charge in [-0.25, -0.2) is 8.42 Å². The lowest BCUT2D eigenvalue weighted by Crippen LogP contribution is -2.40. The van der Waals surface area contributed by atoms with E-state index in [9.17, 15) is 13.2 Å². The number of sulfonamides is 1. The summed E-state index contributed by atoms with van der Waals surface area (Å²) in [5, 5.41) is 0. The van der Waals surface area contributed by atoms with Gasteiger partial charge in [0, 0.05) is 31.7 Å². The topological polar surface area (TPSA) is 66.9 Å². The van der Waals surface area contributed by atoms with Gasteiger partial charge in [-0.15, -0.1) is 0 Å². The van der Waals surface area contributed by atoms with E-state index < -0.39 is 10.0 Å². The van der Waals surface area contributed by atoms with E-state index in [4.69, 9.17) is 4.74 Å². The maximum atomic E-state index is 12.6. The van der Waals surface area contributed by atoms with Crippen LogP contribution < -0.4 is 0 Å². The molecule has 7 heteroatoms. The molecule has 0 N–H and O–H groups in total. The summed E-state index contributed by atoms with van der Waals surface area (Å²) in [5.74, 6) is -0.0442. The molecular weight excluding hydrogens is 328 g/mol. The summed E-state index contributed by atoms with van der Waals surface area (Å²) in [6.07, 6.45) is 4.43. The number of carbonyl (C=O) groups excluding carboxylic acids is 1. The van der Waals surface area contributed by atoms with Gasteiger partial charge in [-0.1, -0.05) is 12.8 Å². The lowest BCUT2D eigenvalue weighted by Gasteiger charge is -2.26. The first-order valence-corrected chi connectivity index (χ1v) is 9.89. The molecule has 0 unspecified atom stereocenters. The Hall–Kier alpha value is -1.44. The van der Waals surface area contributed by atoms with E-state index in [0.717, 1.165) is 12.8 Å². The van der Waals surface area contributed by atoms with E-state index in [0.29, 0.717) is 37.9 Å². The Morgan fingerprint density at radius 2 is 1.71 bits per heavy atom. The number of ether oxygens (including phenoxy) is 1. The number of carbonyl (C=O) groups is 1. The largest absolute Gasteiger partial charge is 0.379 e. The van der Waals surface area contributed by atoms with Crippen molar-refractivity contribution in [2.45, 2.75) is 36.6 Å². The summed E-state index contributed by atoms with van der Waals surface area (Å²) in [6.45, 7) is 1.57. The summed E-state index contributed by atoms with van der Waals surface area (Å²) in [4.78, 5) is 14.6. The Kier molecular flexibility index (Phi) is 5.22. The number of hydrogen-bond acceptors (Lipinski definition) is 4. The maximum absolute atomic E-state index is 12.6. The molecule has 1 saturated heterocycles. The number of rotatable bonds is 4. The van der Waals surface area contributed by atoms with E-state index in [-0.39, 0.29) is 10.8 Å². The van der Waals surface area contributed by atoms with E-state index in [2.05, 4.69) is 0 Å². The van der Waals surface area contributed by atoms with Gasteiger partial charge in [0.1, 0.15) is 0 Å². The fourth-order valence-electron chi connectivity index (χ4n) is 3.37. The highest BCUT2D eigenvalue weighted by Crippen LogP contribution is 2.24. The van der Waals surface area contributed by atoms with Crippen molar-refractivity contribution in [1.29, 1.82) is 0 Å². The summed E-state index contributed by atoms with van der Waals surface area (Å²) >= 11 is 0. The molecule has 1 aromatic rings. The summed E-state index contributed by atoms with van der Waals surface area (Å²) < 4.78 is 31.8. The van der Waals surface area contributed by atoms with Gasteiger partial charge in [0.2, 0.25) is 10.0 Å². The summed E-state index contributed by atoms with van der Waals surface area (Å²) in [6, 6.07) is 6.58. The summed E-state index contributed by atoms with van der Waals surface area (Å²) in [5.41, 5.74) is 0.533. The quantitative estimate of drug-likeness (QED) is 0.828. The van der Waals surface area contributed by atoms with Crippen LogP contribution in [0.5, 0.6) is 0 Å². The summed E-state index contributed by atoms with van der Waals surface area (Å²) in [7, 11) is -1.68. The third-order valence-electron chi connectivity index (χ3n) is 4.90. The predicted octanol–water partition coefficient (Wildman–Crippen LogP) is 1.72. The molecule has 2 aliphatic rings. The van der Waals surface area contributed by atoms with E-state index >= 15 is 0 Å². The van der Waals surface area contributed by atoms with E-state index in [1.54, 1.807) is 17.0 Å². The monoisotopic (exact) mass is 352 g/mol. The number of hydrogen-bond donors (Lipinski definition) is 0. The molecule has 6 nitrogen and oxygen atoms in total. The van der Waals surface area contributed by atoms with Gasteiger partial charge >= 0.3 is 0 Å². The van der Waals surface area contributed by atoms with Crippen molar-refractivity contribution < 1.29 is 17.9 Å². The molecular formula is C17H24N2O4S. The lowest BCUT2D eigenvalue weighted by atomic mass is 10.1. The fraction of sp³-hybridized carbons (Fsp3) is 0.588. The van der Waals surface area contributed by atoms with Crippen molar-refractivity contribution in [1.82, 2.24) is 9.21 Å². The Balaban J connectivity index is 1.73. The van der Waals surface area contributed by atoms with Crippen molar-refractivity contribution in [3.8, 4) is 0 Å². The molecule has 1 aromatic carbocycles. The van der Waals surface area contributed by atoms with Gasteiger partial charge in [-0.2, -0.15) is 4.31 Å². The molecule has 1 saturated carbocycles. The van der Waals surface area contributed by atoms with Gasteiger partial charge < -0.3 is 9.64 Å². The first-order chi connectivity index (χ1) is 11.5. The van der Waals surface area contributed by atoms with Gasteiger partial charge in [0.15, 0.2) is 0 Å². The second kappa shape index (κ2) is 7.21. The lowest BCUT2D eigenvalue weighted by molar-refractivity contribution is 0.0730. The Morgan fingerprint density at radius 3 is 2.29 bits per heavy atom. The average Bonchev–Trinajstić information content (AvgIpc) is 3.16. The van der Waals surface area contributed by atoms with Crippen LogP contribution in [0.25, 0.3) is 0 Å². The first-order valence-electron chi connectivity index (χ1n) is 8.45. The Morgan fingerprint density at radius 1 is 1.12 bits per heavy atom. The van der Waals surface area contributed by atoms with Crippen molar-refractivity contribution in [3.05, 3.63) is 29.8 Å². The Labute approximate surface area is 143 Å². The molecule has 0 atom stereocenters. The van der Waals surface area contributed by atoms with Crippen LogP contribution in [0, 0.1) is 0 Å². The molecule has 1 aliphatic heterocycles. The molecule has 24 heavy (non-hydrogen) atoms. The fourth-order valence-corrected chi connectivity index (χ4v) is 4.77. The van der Waals surface area contributed by atoms with Crippen LogP contribution in [-0.2, 0) is 14.8 Å². The first kappa shape index (κ1) is 17.4. The smallest absolute Gasteiger partial charge is 0.253 e. The van der Waals surface area contributed by atoms with Crippen LogP contribution in [0.1, 0.15) is 36.0 Å². The van der Waals surface area contributed by atoms with Crippen molar-refractivity contribution >= 4 is 15.9 Å². The van der Waals surface area contributed by atoms with Crippen LogP contribution in [-0.4, -0.2) is 62.9 Å². The third kappa shape index (κ3) is 3.48. The standard InChI is InChI=1S/C17H24N2O4S/c1-18(15-4-2-3-5-15)17(20)14-6-8-16(9-7-14)24(21,22)19-10-12-23-13-11-19/h6-9,15H,2-5,10-13H2,1H3. The molecule has 132 valence electrons. The van der Waals surface area contributed by atoms with Crippen LogP contribution in [0.4, 0.5) is 0 Å². The van der Waals surface area contributed by atoms with Crippen LogP contribution in [0.3, 0.4) is 0 Å². The minimum Gasteiger partial charge on any atom is -0.379 e. The molecule has 1 heterocycles. The number of nitrogens with zero attached hydrogens (tertiary/aromatic N) is 2. The minimum atomic E-state index is -3.51. The molecule has 0 spiro atoms. The van der Waals surface area contributed by atoms with Crippen LogP contribution in [0.2, 0.25) is 0 Å². The molecule has 0 bridgehead atoms. The van der Waals surface area contributed by atoms with E-state index in [1.807, 2.05) is 7.05 Å². The van der Waals surface area contributed by atoms with Gasteiger partial charge in [-0.3, -0.25) is 4.79 Å². The molecule has 3 rings (SSSR count). The zero-order chi connectivity index (χ0) is 17.2. The van der Waals surface area contributed by atoms with E-state index in [1.165, 1.54) is 29.3 Å². The third-order valence-corrected chi connectivity index (χ3v) is 6.81.